The number of hydrogen-bond donors (Lipinski definition) is 3. The van der Waals surface area contributed by atoms with Crippen LogP contribution in [0, 0.1) is 0 Å². The third-order valence-corrected chi connectivity index (χ3v) is 2.23. The van der Waals surface area contributed by atoms with Crippen LogP contribution in [-0.4, -0.2) is 52.9 Å². The normalized spacial score (nSPS) is 13.6. The molecule has 6 heteroatoms. The highest BCUT2D eigenvalue weighted by Crippen LogP contribution is 1.98. The van der Waals surface area contributed by atoms with Crippen molar-refractivity contribution in [3.05, 3.63) is 12.7 Å². The van der Waals surface area contributed by atoms with Gasteiger partial charge in [0, 0.05) is 13.6 Å². The number of nitrogens with zero attached hydrogens (tertiary/aromatic N) is 1. The van der Waals surface area contributed by atoms with Crippen LogP contribution >= 0.6 is 0 Å². The monoisotopic (exact) mass is 244 g/mol. The zero-order valence-electron chi connectivity index (χ0n) is 10.2. The Morgan fingerprint density at radius 2 is 2.12 bits per heavy atom. The van der Waals surface area contributed by atoms with Gasteiger partial charge in [-0.05, 0) is 19.8 Å². The smallest absolute Gasteiger partial charge is 0.326 e. The second-order valence-electron chi connectivity index (χ2n) is 3.92. The Balaban J connectivity index is 4.20. The maximum Gasteiger partial charge on any atom is 0.326 e. The maximum atomic E-state index is 11.6. The highest BCUT2D eigenvalue weighted by atomic mass is 16.4. The van der Waals surface area contributed by atoms with Crippen molar-refractivity contribution >= 4 is 12.0 Å². The molecule has 0 spiro atoms. The summed E-state index contributed by atoms with van der Waals surface area (Å²) in [7, 11) is 1.55. The maximum absolute atomic E-state index is 11.6. The summed E-state index contributed by atoms with van der Waals surface area (Å²) in [6.07, 6.45) is 1.57. The summed E-state index contributed by atoms with van der Waals surface area (Å²) >= 11 is 0. The second kappa shape index (κ2) is 7.67. The first-order valence-electron chi connectivity index (χ1n) is 5.41. The lowest BCUT2D eigenvalue weighted by Crippen LogP contribution is -2.46. The summed E-state index contributed by atoms with van der Waals surface area (Å²) in [5.41, 5.74) is 0. The highest BCUT2D eigenvalue weighted by Gasteiger charge is 2.20. The summed E-state index contributed by atoms with van der Waals surface area (Å²) in [4.78, 5) is 23.7. The number of carbonyl (C=O) groups excluding carboxylic acids is 1. The van der Waals surface area contributed by atoms with Crippen LogP contribution in [0.5, 0.6) is 0 Å². The average molecular weight is 244 g/mol. The molecule has 0 heterocycles. The minimum atomic E-state index is -1.10. The van der Waals surface area contributed by atoms with Crippen LogP contribution in [-0.2, 0) is 4.79 Å². The average Bonchev–Trinajstić information content (AvgIpc) is 2.24. The molecule has 17 heavy (non-hydrogen) atoms. The Morgan fingerprint density at radius 3 is 2.53 bits per heavy atom. The quantitative estimate of drug-likeness (QED) is 0.566. The SMILES string of the molecule is C=CCC(NC(=O)N(C)CCC(C)O)C(=O)O. The van der Waals surface area contributed by atoms with E-state index in [1.165, 1.54) is 11.0 Å². The minimum Gasteiger partial charge on any atom is -0.480 e. The molecule has 0 radical (unpaired) electrons. The zero-order valence-corrected chi connectivity index (χ0v) is 10.2. The number of carbonyl (C=O) groups is 2. The van der Waals surface area contributed by atoms with Gasteiger partial charge in [0.2, 0.25) is 0 Å². The molecule has 0 aliphatic heterocycles. The molecule has 0 saturated carbocycles. The number of hydrogen-bond acceptors (Lipinski definition) is 3. The van der Waals surface area contributed by atoms with E-state index >= 15 is 0 Å². The number of nitrogens with one attached hydrogen (secondary N) is 1. The van der Waals surface area contributed by atoms with E-state index in [2.05, 4.69) is 11.9 Å². The summed E-state index contributed by atoms with van der Waals surface area (Å²) < 4.78 is 0. The van der Waals surface area contributed by atoms with Gasteiger partial charge >= 0.3 is 12.0 Å². The van der Waals surface area contributed by atoms with Crippen molar-refractivity contribution < 1.29 is 19.8 Å². The van der Waals surface area contributed by atoms with Gasteiger partial charge < -0.3 is 20.4 Å². The van der Waals surface area contributed by atoms with E-state index < -0.39 is 24.1 Å². The molecule has 0 aliphatic rings. The number of carboxylic acids is 1. The second-order valence-corrected chi connectivity index (χ2v) is 3.92. The molecule has 0 aromatic heterocycles. The van der Waals surface area contributed by atoms with Crippen LogP contribution < -0.4 is 5.32 Å². The van der Waals surface area contributed by atoms with Gasteiger partial charge in [0.15, 0.2) is 0 Å². The first-order chi connectivity index (χ1) is 7.88. The molecule has 2 unspecified atom stereocenters. The fourth-order valence-electron chi connectivity index (χ4n) is 1.13. The molecule has 0 aliphatic carbocycles. The van der Waals surface area contributed by atoms with Crippen molar-refractivity contribution in [3.63, 3.8) is 0 Å². The van der Waals surface area contributed by atoms with E-state index in [-0.39, 0.29) is 6.42 Å². The van der Waals surface area contributed by atoms with Crippen LogP contribution in [0.4, 0.5) is 4.79 Å². The van der Waals surface area contributed by atoms with Gasteiger partial charge in [-0.15, -0.1) is 6.58 Å². The number of aliphatic hydroxyl groups is 1. The van der Waals surface area contributed by atoms with Crippen molar-refractivity contribution in [1.29, 1.82) is 0 Å². The zero-order chi connectivity index (χ0) is 13.4. The highest BCUT2D eigenvalue weighted by molar-refractivity contribution is 5.82. The molecule has 0 rings (SSSR count). The first-order valence-corrected chi connectivity index (χ1v) is 5.41. The summed E-state index contributed by atoms with van der Waals surface area (Å²) in [5.74, 6) is -1.10. The van der Waals surface area contributed by atoms with Gasteiger partial charge in [0.25, 0.3) is 0 Å². The predicted molar refractivity (Wildman–Crippen MR) is 63.7 cm³/mol. The van der Waals surface area contributed by atoms with Crippen LogP contribution in [0.1, 0.15) is 19.8 Å². The fourth-order valence-corrected chi connectivity index (χ4v) is 1.13. The Kier molecular flexibility index (Phi) is 6.97. The topological polar surface area (TPSA) is 89.9 Å². The Labute approximate surface area is 101 Å². The lowest BCUT2D eigenvalue weighted by Gasteiger charge is -2.21. The largest absolute Gasteiger partial charge is 0.480 e. The van der Waals surface area contributed by atoms with Crippen molar-refractivity contribution in [3.8, 4) is 0 Å². The molecule has 0 aromatic rings. The molecule has 2 amide bonds. The summed E-state index contributed by atoms with van der Waals surface area (Å²) in [6, 6.07) is -1.44. The number of carboxylic acid groups (broad SMARTS) is 1. The lowest BCUT2D eigenvalue weighted by molar-refractivity contribution is -0.139. The summed E-state index contributed by atoms with van der Waals surface area (Å²) in [5, 5.41) is 20.3. The standard InChI is InChI=1S/C11H20N2O4/c1-4-5-9(10(15)16)12-11(17)13(3)7-6-8(2)14/h4,8-9,14H,1,5-7H2,2-3H3,(H,12,17)(H,15,16). The van der Waals surface area contributed by atoms with Gasteiger partial charge in [-0.1, -0.05) is 6.08 Å². The number of aliphatic hydroxyl groups excluding tert-OH is 1. The predicted octanol–water partition coefficient (Wildman–Crippen LogP) is 0.428. The Bertz CT molecular complexity index is 279. The van der Waals surface area contributed by atoms with E-state index in [4.69, 9.17) is 10.2 Å². The van der Waals surface area contributed by atoms with E-state index in [9.17, 15) is 9.59 Å². The van der Waals surface area contributed by atoms with Crippen LogP contribution in [0.15, 0.2) is 12.7 Å². The molecular formula is C11H20N2O4. The van der Waals surface area contributed by atoms with E-state index in [0.717, 1.165) is 0 Å². The van der Waals surface area contributed by atoms with Crippen molar-refractivity contribution in [2.45, 2.75) is 31.9 Å². The molecule has 6 nitrogen and oxygen atoms in total. The third kappa shape index (κ3) is 6.57. The van der Waals surface area contributed by atoms with Crippen LogP contribution in [0.2, 0.25) is 0 Å². The van der Waals surface area contributed by atoms with Gasteiger partial charge in [0.1, 0.15) is 6.04 Å². The third-order valence-electron chi connectivity index (χ3n) is 2.23. The van der Waals surface area contributed by atoms with Crippen LogP contribution in [0.25, 0.3) is 0 Å². The Morgan fingerprint density at radius 1 is 1.53 bits per heavy atom. The number of amides is 2. The molecular weight excluding hydrogens is 224 g/mol. The fraction of sp³-hybridized carbons (Fsp3) is 0.636. The molecule has 98 valence electrons. The first kappa shape index (κ1) is 15.4. The van der Waals surface area contributed by atoms with Crippen LogP contribution in [0.3, 0.4) is 0 Å². The minimum absolute atomic E-state index is 0.172. The number of aliphatic carboxylic acids is 1. The van der Waals surface area contributed by atoms with Crippen molar-refractivity contribution in [1.82, 2.24) is 10.2 Å². The van der Waals surface area contributed by atoms with Gasteiger partial charge in [-0.25, -0.2) is 9.59 Å². The molecule has 0 saturated heterocycles. The lowest BCUT2D eigenvalue weighted by atomic mass is 10.2. The van der Waals surface area contributed by atoms with Gasteiger partial charge in [-0.2, -0.15) is 0 Å². The molecule has 2 atom stereocenters. The van der Waals surface area contributed by atoms with Gasteiger partial charge in [-0.3, -0.25) is 0 Å². The van der Waals surface area contributed by atoms with E-state index in [1.54, 1.807) is 14.0 Å². The molecule has 0 fully saturated rings. The molecule has 0 aromatic carbocycles. The molecule has 3 N–H and O–H groups in total. The summed E-state index contributed by atoms with van der Waals surface area (Å²) in [6.45, 7) is 5.43. The van der Waals surface area contributed by atoms with E-state index in [1.807, 2.05) is 0 Å². The molecule has 0 bridgehead atoms. The number of rotatable bonds is 7. The van der Waals surface area contributed by atoms with Crippen molar-refractivity contribution in [2.75, 3.05) is 13.6 Å². The number of urea groups is 1. The van der Waals surface area contributed by atoms with Gasteiger partial charge in [0.05, 0.1) is 6.10 Å². The Hall–Kier alpha value is -1.56. The van der Waals surface area contributed by atoms with Crippen molar-refractivity contribution in [2.24, 2.45) is 0 Å². The van der Waals surface area contributed by atoms with E-state index in [0.29, 0.717) is 13.0 Å².